The van der Waals surface area contributed by atoms with Crippen LogP contribution in [-0.2, 0) is 22.4 Å². The number of fused-ring (bicyclic) bond motifs is 8. The molecular weight excluding hydrogens is 548 g/mol. The van der Waals surface area contributed by atoms with Gasteiger partial charge in [0.05, 0.1) is 41.0 Å². The second-order valence-corrected chi connectivity index (χ2v) is 11.2. The molecule has 5 rings (SSSR count). The molecule has 5 N–H and O–H groups in total. The lowest BCUT2D eigenvalue weighted by atomic mass is 9.86. The highest BCUT2D eigenvalue weighted by Gasteiger charge is 2.35. The Balaban J connectivity index is 2.07. The van der Waals surface area contributed by atoms with E-state index in [1.165, 1.54) is 0 Å². The first-order valence-electron chi connectivity index (χ1n) is 14.1. The molecule has 0 aromatic carbocycles. The maximum absolute atomic E-state index is 12.6. The number of aliphatic carboxylic acids is 2. The largest absolute Gasteiger partial charge is 0.481 e. The van der Waals surface area contributed by atoms with E-state index in [-0.39, 0.29) is 28.8 Å². The number of carboxylic acid groups (broad SMARTS) is 3. The number of nitrogens with zero attached hydrogens (tertiary/aromatic N) is 2. The molecule has 10 heteroatoms. The third kappa shape index (κ3) is 5.03. The lowest BCUT2D eigenvalue weighted by molar-refractivity contribution is -0.137. The topological polar surface area (TPSA) is 169 Å². The molecule has 10 nitrogen and oxygen atoms in total. The molecule has 1 unspecified atom stereocenters. The molecule has 43 heavy (non-hydrogen) atoms. The van der Waals surface area contributed by atoms with E-state index in [0.29, 0.717) is 34.6 Å². The van der Waals surface area contributed by atoms with Gasteiger partial charge in [-0.25, -0.2) is 9.78 Å². The van der Waals surface area contributed by atoms with E-state index in [1.807, 2.05) is 39.8 Å². The molecule has 8 bridgehead atoms. The minimum absolute atomic E-state index is 0.0739. The fourth-order valence-corrected chi connectivity index (χ4v) is 6.33. The van der Waals surface area contributed by atoms with Crippen molar-refractivity contribution in [2.24, 2.45) is 0 Å². The number of allylic oxidation sites excluding steroid dienone is 3. The highest BCUT2D eigenvalue weighted by Crippen LogP contribution is 2.42. The Bertz CT molecular complexity index is 1930. The summed E-state index contributed by atoms with van der Waals surface area (Å²) in [5.74, 6) is -4.58. The molecule has 0 spiro atoms. The van der Waals surface area contributed by atoms with Crippen LogP contribution in [0.3, 0.4) is 0 Å². The molecule has 0 radical (unpaired) electrons. The van der Waals surface area contributed by atoms with E-state index in [1.54, 1.807) is 19.1 Å². The first-order valence-corrected chi connectivity index (χ1v) is 14.1. The van der Waals surface area contributed by atoms with Gasteiger partial charge in [-0.3, -0.25) is 14.6 Å². The standard InChI is InChI=1S/C33H34N4O6/c1-7-18-14(3)22-11-24-16(5)20(9-28(38)39)31(36-24)21(10-29(40)41)32-30(33(42)43)17(6)25(37-32)13-27-19(8-2)15(4)23(35-27)12-26(18)34-22/h7,11-13,16,20,35,37H,1,8-10H2,2-6H3,(H,38,39)(H,40,41)(H,42,43)/t16-,20?/m0/s1. The zero-order valence-corrected chi connectivity index (χ0v) is 24.8. The van der Waals surface area contributed by atoms with E-state index in [0.717, 1.165) is 33.3 Å². The van der Waals surface area contributed by atoms with Gasteiger partial charge in [0.2, 0.25) is 0 Å². The molecule has 2 atom stereocenters. The number of rotatable bonds is 7. The predicted octanol–water partition coefficient (Wildman–Crippen LogP) is 6.30. The Labute approximate surface area is 247 Å². The van der Waals surface area contributed by atoms with Gasteiger partial charge in [0.25, 0.3) is 0 Å². The van der Waals surface area contributed by atoms with Crippen LogP contribution in [0, 0.1) is 13.8 Å². The van der Waals surface area contributed by atoms with Crippen molar-refractivity contribution in [1.29, 1.82) is 0 Å². The number of aryl methyl sites for hydroxylation is 3. The second kappa shape index (κ2) is 11.0. The van der Waals surface area contributed by atoms with Gasteiger partial charge in [0.15, 0.2) is 0 Å². The monoisotopic (exact) mass is 582 g/mol. The Kier molecular flexibility index (Phi) is 7.56. The normalized spacial score (nSPS) is 16.4. The highest BCUT2D eigenvalue weighted by atomic mass is 16.4. The first-order chi connectivity index (χ1) is 20.4. The molecule has 3 aromatic heterocycles. The van der Waals surface area contributed by atoms with Crippen LogP contribution in [0.15, 0.2) is 30.9 Å². The van der Waals surface area contributed by atoms with Gasteiger partial charge in [-0.2, -0.15) is 0 Å². The quantitative estimate of drug-likeness (QED) is 0.216. The average molecular weight is 583 g/mol. The summed E-state index contributed by atoms with van der Waals surface area (Å²) in [5, 5.41) is 30.1. The summed E-state index contributed by atoms with van der Waals surface area (Å²) in [6, 6.07) is 5.61. The van der Waals surface area contributed by atoms with Crippen LogP contribution in [0.5, 0.6) is 0 Å². The van der Waals surface area contributed by atoms with Crippen molar-refractivity contribution in [2.45, 2.75) is 65.7 Å². The zero-order valence-electron chi connectivity index (χ0n) is 24.8. The Morgan fingerprint density at radius 3 is 2.21 bits per heavy atom. The third-order valence-electron chi connectivity index (χ3n) is 8.68. The molecule has 0 fully saturated rings. The van der Waals surface area contributed by atoms with E-state index in [2.05, 4.69) is 16.5 Å². The fraction of sp³-hybridized carbons (Fsp3) is 0.303. The van der Waals surface area contributed by atoms with Crippen LogP contribution in [-0.4, -0.2) is 53.2 Å². The lowest BCUT2D eigenvalue weighted by Crippen LogP contribution is -2.13. The van der Waals surface area contributed by atoms with E-state index >= 15 is 0 Å². The Morgan fingerprint density at radius 1 is 0.907 bits per heavy atom. The summed E-state index contributed by atoms with van der Waals surface area (Å²) in [5.41, 5.74) is 8.71. The van der Waals surface area contributed by atoms with Crippen molar-refractivity contribution in [3.63, 3.8) is 0 Å². The van der Waals surface area contributed by atoms with Gasteiger partial charge in [-0.05, 0) is 67.7 Å². The van der Waals surface area contributed by atoms with Gasteiger partial charge < -0.3 is 25.3 Å². The van der Waals surface area contributed by atoms with Crippen molar-refractivity contribution in [3.8, 4) is 0 Å². The lowest BCUT2D eigenvalue weighted by Gasteiger charge is -2.15. The predicted molar refractivity (Wildman–Crippen MR) is 164 cm³/mol. The summed E-state index contributed by atoms with van der Waals surface area (Å²) in [6.45, 7) is 13.5. The van der Waals surface area contributed by atoms with E-state index in [4.69, 9.17) is 9.97 Å². The van der Waals surface area contributed by atoms with Gasteiger partial charge in [0, 0.05) is 45.2 Å². The van der Waals surface area contributed by atoms with Crippen LogP contribution in [0.1, 0.15) is 94.4 Å². The minimum Gasteiger partial charge on any atom is -0.481 e. The molecule has 3 aromatic rings. The van der Waals surface area contributed by atoms with Crippen molar-refractivity contribution >= 4 is 51.1 Å². The molecule has 0 saturated heterocycles. The van der Waals surface area contributed by atoms with Crippen LogP contribution in [0.4, 0.5) is 0 Å². The van der Waals surface area contributed by atoms with Crippen LogP contribution in [0.25, 0.3) is 33.2 Å². The average Bonchev–Trinajstić information content (AvgIpc) is 3.60. The maximum atomic E-state index is 12.6. The summed E-state index contributed by atoms with van der Waals surface area (Å²) in [4.78, 5) is 53.2. The molecule has 0 amide bonds. The van der Waals surface area contributed by atoms with Crippen LogP contribution < -0.4 is 0 Å². The molecule has 0 aliphatic carbocycles. The van der Waals surface area contributed by atoms with E-state index < -0.39 is 36.2 Å². The molecule has 5 heterocycles. The molecular formula is C33H34N4O6. The van der Waals surface area contributed by atoms with Gasteiger partial charge >= 0.3 is 17.9 Å². The summed E-state index contributed by atoms with van der Waals surface area (Å²) >= 11 is 0. The SMILES string of the molecule is C=CC1=C(C)c2cc3nc(c(CC(=O)O)c4[nH]c(cc5[nH]c(cc1n2)c(C)c5CC)c(C)c4C(=O)O)C(CC(=O)O)[C@@H]3C. The molecule has 2 aliphatic heterocycles. The van der Waals surface area contributed by atoms with Crippen molar-refractivity contribution in [2.75, 3.05) is 0 Å². The summed E-state index contributed by atoms with van der Waals surface area (Å²) in [7, 11) is 0. The molecule has 2 aliphatic rings. The fourth-order valence-electron chi connectivity index (χ4n) is 6.33. The van der Waals surface area contributed by atoms with Crippen LogP contribution in [0.2, 0.25) is 0 Å². The van der Waals surface area contributed by atoms with Gasteiger partial charge in [0.1, 0.15) is 0 Å². The minimum atomic E-state index is -1.23. The third-order valence-corrected chi connectivity index (χ3v) is 8.68. The number of aromatic nitrogens is 4. The first kappa shape index (κ1) is 29.5. The number of hydrogen-bond acceptors (Lipinski definition) is 5. The Hall–Kier alpha value is -4.99. The molecule has 0 saturated carbocycles. The number of aromatic carboxylic acids is 1. The Morgan fingerprint density at radius 2 is 1.60 bits per heavy atom. The number of aromatic amines is 2. The summed E-state index contributed by atoms with van der Waals surface area (Å²) < 4.78 is 0. The number of carbonyl (C=O) groups is 3. The van der Waals surface area contributed by atoms with Crippen molar-refractivity contribution < 1.29 is 29.7 Å². The zero-order chi connectivity index (χ0) is 31.3. The van der Waals surface area contributed by atoms with Crippen molar-refractivity contribution in [1.82, 2.24) is 19.9 Å². The molecule has 222 valence electrons. The van der Waals surface area contributed by atoms with Gasteiger partial charge in [-0.1, -0.05) is 26.5 Å². The van der Waals surface area contributed by atoms with Gasteiger partial charge in [-0.15, -0.1) is 0 Å². The van der Waals surface area contributed by atoms with E-state index in [9.17, 15) is 29.7 Å². The number of carboxylic acids is 3. The second-order valence-electron chi connectivity index (χ2n) is 11.2. The number of nitrogens with one attached hydrogen (secondary N) is 2. The number of H-pyrrole nitrogens is 2. The number of hydrogen-bond donors (Lipinski definition) is 5. The maximum Gasteiger partial charge on any atom is 0.338 e. The van der Waals surface area contributed by atoms with Crippen molar-refractivity contribution in [3.05, 3.63) is 81.4 Å². The highest BCUT2D eigenvalue weighted by molar-refractivity contribution is 6.02. The summed E-state index contributed by atoms with van der Waals surface area (Å²) in [6.07, 6.45) is 1.61. The smallest absolute Gasteiger partial charge is 0.338 e. The van der Waals surface area contributed by atoms with Crippen LogP contribution >= 0.6 is 0 Å².